The predicted octanol–water partition coefficient (Wildman–Crippen LogP) is 1.61. The molecule has 1 atom stereocenters. The Morgan fingerprint density at radius 2 is 2.00 bits per heavy atom. The molecule has 0 aromatic rings. The Labute approximate surface area is 79.3 Å². The van der Waals surface area contributed by atoms with E-state index >= 15 is 0 Å². The van der Waals surface area contributed by atoms with Crippen LogP contribution in [0.5, 0.6) is 0 Å². The molecule has 13 heavy (non-hydrogen) atoms. The Bertz CT molecular complexity index is 174. The van der Waals surface area contributed by atoms with Crippen molar-refractivity contribution in [3.63, 3.8) is 0 Å². The fourth-order valence-corrected chi connectivity index (χ4v) is 2.02. The number of aliphatic carboxylic acids is 1. The summed E-state index contributed by atoms with van der Waals surface area (Å²) in [4.78, 5) is 10.5. The minimum absolute atomic E-state index is 0.544. The van der Waals surface area contributed by atoms with E-state index in [0.29, 0.717) is 12.3 Å². The van der Waals surface area contributed by atoms with Crippen LogP contribution in [-0.4, -0.2) is 17.1 Å². The number of rotatable bonds is 3. The van der Waals surface area contributed by atoms with Gasteiger partial charge in [-0.3, -0.25) is 4.79 Å². The molecule has 3 heteroatoms. The van der Waals surface area contributed by atoms with Crippen molar-refractivity contribution in [3.05, 3.63) is 0 Å². The molecule has 0 saturated heterocycles. The molecule has 1 rings (SSSR count). The molecular formula is C10H19NO2. The molecule has 0 spiro atoms. The van der Waals surface area contributed by atoms with Gasteiger partial charge in [0.1, 0.15) is 6.04 Å². The standard InChI is InChI=1S/C10H19NO2/c1-7-2-4-8(5-3-7)6-9(11)10(12)13/h7-9H,2-6,11H2,1H3,(H,12,13)/t7?,8?,9-/m1/s1. The molecular weight excluding hydrogens is 166 g/mol. The summed E-state index contributed by atoms with van der Waals surface area (Å²) < 4.78 is 0. The van der Waals surface area contributed by atoms with Gasteiger partial charge in [0.05, 0.1) is 0 Å². The Morgan fingerprint density at radius 3 is 2.46 bits per heavy atom. The first kappa shape index (κ1) is 10.5. The van der Waals surface area contributed by atoms with Gasteiger partial charge < -0.3 is 10.8 Å². The minimum atomic E-state index is -0.862. The van der Waals surface area contributed by atoms with Gasteiger partial charge in [-0.15, -0.1) is 0 Å². The highest BCUT2D eigenvalue weighted by Gasteiger charge is 2.22. The van der Waals surface area contributed by atoms with Crippen molar-refractivity contribution < 1.29 is 9.90 Å². The van der Waals surface area contributed by atoms with E-state index in [9.17, 15) is 4.79 Å². The Balaban J connectivity index is 2.26. The zero-order chi connectivity index (χ0) is 9.84. The molecule has 1 fully saturated rings. The van der Waals surface area contributed by atoms with Crippen LogP contribution in [0, 0.1) is 11.8 Å². The minimum Gasteiger partial charge on any atom is -0.480 e. The zero-order valence-corrected chi connectivity index (χ0v) is 8.20. The Kier molecular flexibility index (Phi) is 3.72. The lowest BCUT2D eigenvalue weighted by molar-refractivity contribution is -0.139. The van der Waals surface area contributed by atoms with Gasteiger partial charge >= 0.3 is 5.97 Å². The molecule has 0 heterocycles. The van der Waals surface area contributed by atoms with Gasteiger partial charge in [0.15, 0.2) is 0 Å². The first-order valence-electron chi connectivity index (χ1n) is 5.08. The maximum Gasteiger partial charge on any atom is 0.320 e. The topological polar surface area (TPSA) is 63.3 Å². The molecule has 0 unspecified atom stereocenters. The largest absolute Gasteiger partial charge is 0.480 e. The Hall–Kier alpha value is -0.570. The highest BCUT2D eigenvalue weighted by Crippen LogP contribution is 2.30. The molecule has 1 saturated carbocycles. The van der Waals surface area contributed by atoms with Gasteiger partial charge in [0, 0.05) is 0 Å². The van der Waals surface area contributed by atoms with Gasteiger partial charge in [-0.05, 0) is 18.3 Å². The molecule has 0 bridgehead atoms. The molecule has 3 N–H and O–H groups in total. The van der Waals surface area contributed by atoms with Gasteiger partial charge in [0.2, 0.25) is 0 Å². The number of hydrogen-bond acceptors (Lipinski definition) is 2. The van der Waals surface area contributed by atoms with Crippen molar-refractivity contribution in [1.29, 1.82) is 0 Å². The number of nitrogens with two attached hydrogens (primary N) is 1. The van der Waals surface area contributed by atoms with E-state index in [-0.39, 0.29) is 0 Å². The van der Waals surface area contributed by atoms with Crippen molar-refractivity contribution in [2.45, 2.75) is 45.1 Å². The summed E-state index contributed by atoms with van der Waals surface area (Å²) in [5.41, 5.74) is 5.48. The third-order valence-electron chi connectivity index (χ3n) is 3.04. The van der Waals surface area contributed by atoms with E-state index < -0.39 is 12.0 Å². The highest BCUT2D eigenvalue weighted by molar-refractivity contribution is 5.73. The summed E-state index contributed by atoms with van der Waals surface area (Å²) in [5.74, 6) is 0.498. The number of carbonyl (C=O) groups is 1. The first-order chi connectivity index (χ1) is 6.09. The highest BCUT2D eigenvalue weighted by atomic mass is 16.4. The molecule has 1 aliphatic rings. The van der Waals surface area contributed by atoms with E-state index in [0.717, 1.165) is 18.8 Å². The van der Waals surface area contributed by atoms with E-state index in [1.807, 2.05) is 0 Å². The summed E-state index contributed by atoms with van der Waals surface area (Å²) in [7, 11) is 0. The second kappa shape index (κ2) is 4.61. The second-order valence-corrected chi connectivity index (χ2v) is 4.31. The predicted molar refractivity (Wildman–Crippen MR) is 51.4 cm³/mol. The molecule has 0 amide bonds. The average molecular weight is 185 g/mol. The third-order valence-corrected chi connectivity index (χ3v) is 3.04. The fraction of sp³-hybridized carbons (Fsp3) is 0.900. The number of hydrogen-bond donors (Lipinski definition) is 2. The van der Waals surface area contributed by atoms with Crippen LogP contribution in [0.25, 0.3) is 0 Å². The van der Waals surface area contributed by atoms with E-state index in [4.69, 9.17) is 10.8 Å². The van der Waals surface area contributed by atoms with E-state index in [2.05, 4.69) is 6.92 Å². The van der Waals surface area contributed by atoms with Crippen molar-refractivity contribution >= 4 is 5.97 Å². The summed E-state index contributed by atoms with van der Waals surface area (Å²) >= 11 is 0. The maximum atomic E-state index is 10.5. The van der Waals surface area contributed by atoms with E-state index in [1.165, 1.54) is 12.8 Å². The van der Waals surface area contributed by atoms with Crippen LogP contribution in [-0.2, 0) is 4.79 Å². The quantitative estimate of drug-likeness (QED) is 0.702. The average Bonchev–Trinajstić information content (AvgIpc) is 2.08. The lowest BCUT2D eigenvalue weighted by atomic mass is 9.80. The van der Waals surface area contributed by atoms with Crippen LogP contribution in [0.4, 0.5) is 0 Å². The van der Waals surface area contributed by atoms with Crippen LogP contribution >= 0.6 is 0 Å². The summed E-state index contributed by atoms with van der Waals surface area (Å²) in [5, 5.41) is 8.64. The summed E-state index contributed by atoms with van der Waals surface area (Å²) in [6.45, 7) is 2.26. The Morgan fingerprint density at radius 1 is 1.46 bits per heavy atom. The lowest BCUT2D eigenvalue weighted by Gasteiger charge is -2.26. The van der Waals surface area contributed by atoms with Gasteiger partial charge in [-0.2, -0.15) is 0 Å². The SMILES string of the molecule is CC1CCC(C[C@@H](N)C(=O)O)CC1. The smallest absolute Gasteiger partial charge is 0.320 e. The fourth-order valence-electron chi connectivity index (χ4n) is 2.02. The summed E-state index contributed by atoms with van der Waals surface area (Å²) in [6.07, 6.45) is 5.43. The normalized spacial score (nSPS) is 31.2. The van der Waals surface area contributed by atoms with Gasteiger partial charge in [-0.25, -0.2) is 0 Å². The van der Waals surface area contributed by atoms with Gasteiger partial charge in [0.25, 0.3) is 0 Å². The van der Waals surface area contributed by atoms with Crippen LogP contribution < -0.4 is 5.73 Å². The first-order valence-corrected chi connectivity index (χ1v) is 5.08. The molecule has 0 aromatic carbocycles. The molecule has 0 aromatic heterocycles. The molecule has 0 aliphatic heterocycles. The third kappa shape index (κ3) is 3.35. The second-order valence-electron chi connectivity index (χ2n) is 4.31. The summed E-state index contributed by atoms with van der Waals surface area (Å²) in [6, 6.07) is -0.654. The van der Waals surface area contributed by atoms with Crippen LogP contribution in [0.3, 0.4) is 0 Å². The lowest BCUT2D eigenvalue weighted by Crippen LogP contribution is -2.33. The molecule has 0 radical (unpaired) electrons. The van der Waals surface area contributed by atoms with Crippen molar-refractivity contribution in [2.24, 2.45) is 17.6 Å². The van der Waals surface area contributed by atoms with Crippen molar-refractivity contribution in [3.8, 4) is 0 Å². The number of carboxylic acid groups (broad SMARTS) is 1. The van der Waals surface area contributed by atoms with Crippen molar-refractivity contribution in [2.75, 3.05) is 0 Å². The molecule has 76 valence electrons. The van der Waals surface area contributed by atoms with Crippen molar-refractivity contribution in [1.82, 2.24) is 0 Å². The van der Waals surface area contributed by atoms with Crippen LogP contribution in [0.2, 0.25) is 0 Å². The maximum absolute atomic E-state index is 10.5. The molecule has 1 aliphatic carbocycles. The molecule has 3 nitrogen and oxygen atoms in total. The van der Waals surface area contributed by atoms with Gasteiger partial charge in [-0.1, -0.05) is 32.6 Å². The zero-order valence-electron chi connectivity index (χ0n) is 8.20. The van der Waals surface area contributed by atoms with E-state index in [1.54, 1.807) is 0 Å². The van der Waals surface area contributed by atoms with Crippen LogP contribution in [0.1, 0.15) is 39.0 Å². The monoisotopic (exact) mass is 185 g/mol. The number of carboxylic acids is 1. The van der Waals surface area contributed by atoms with Crippen LogP contribution in [0.15, 0.2) is 0 Å².